The SMILES string of the molecule is COC(=O)c1ccc2ccn(CCCN)c(=O)c2c1. The summed E-state index contributed by atoms with van der Waals surface area (Å²) >= 11 is 0. The highest BCUT2D eigenvalue weighted by Crippen LogP contribution is 2.13. The number of hydrogen-bond donors (Lipinski definition) is 1. The Balaban J connectivity index is 2.53. The largest absolute Gasteiger partial charge is 0.465 e. The number of nitrogens with zero attached hydrogens (tertiary/aromatic N) is 1. The lowest BCUT2D eigenvalue weighted by atomic mass is 10.1. The second-order valence-electron chi connectivity index (χ2n) is 4.25. The highest BCUT2D eigenvalue weighted by atomic mass is 16.5. The molecule has 0 amide bonds. The Morgan fingerprint density at radius 1 is 1.37 bits per heavy atom. The maximum atomic E-state index is 12.3. The van der Waals surface area contributed by atoms with E-state index in [1.165, 1.54) is 7.11 Å². The zero-order valence-corrected chi connectivity index (χ0v) is 10.8. The van der Waals surface area contributed by atoms with Gasteiger partial charge < -0.3 is 15.0 Å². The van der Waals surface area contributed by atoms with Gasteiger partial charge in [-0.3, -0.25) is 4.79 Å². The maximum Gasteiger partial charge on any atom is 0.337 e. The summed E-state index contributed by atoms with van der Waals surface area (Å²) in [6.07, 6.45) is 2.49. The summed E-state index contributed by atoms with van der Waals surface area (Å²) in [6.45, 7) is 1.11. The molecule has 2 aromatic rings. The van der Waals surface area contributed by atoms with E-state index < -0.39 is 5.97 Å². The van der Waals surface area contributed by atoms with Crippen LogP contribution in [0.25, 0.3) is 10.8 Å². The summed E-state index contributed by atoms with van der Waals surface area (Å²) in [4.78, 5) is 23.7. The minimum absolute atomic E-state index is 0.114. The monoisotopic (exact) mass is 260 g/mol. The molecule has 19 heavy (non-hydrogen) atoms. The van der Waals surface area contributed by atoms with Crippen LogP contribution in [-0.4, -0.2) is 24.2 Å². The fourth-order valence-electron chi connectivity index (χ4n) is 1.96. The number of benzene rings is 1. The number of carbonyl (C=O) groups excluding carboxylic acids is 1. The van der Waals surface area contributed by atoms with E-state index in [9.17, 15) is 9.59 Å². The quantitative estimate of drug-likeness (QED) is 0.836. The van der Waals surface area contributed by atoms with E-state index in [4.69, 9.17) is 5.73 Å². The number of aryl methyl sites for hydroxylation is 1. The van der Waals surface area contributed by atoms with Crippen molar-refractivity contribution in [3.05, 3.63) is 46.4 Å². The van der Waals surface area contributed by atoms with Crippen molar-refractivity contribution in [3.63, 3.8) is 0 Å². The molecule has 2 rings (SSSR count). The predicted octanol–water partition coefficient (Wildman–Crippen LogP) is 1.14. The number of methoxy groups -OCH3 is 1. The molecule has 0 radical (unpaired) electrons. The van der Waals surface area contributed by atoms with E-state index in [0.29, 0.717) is 24.0 Å². The summed E-state index contributed by atoms with van der Waals surface area (Å²) in [5, 5.41) is 1.32. The number of carbonyl (C=O) groups is 1. The van der Waals surface area contributed by atoms with Gasteiger partial charge in [-0.05, 0) is 36.6 Å². The average molecular weight is 260 g/mol. The molecule has 100 valence electrons. The van der Waals surface area contributed by atoms with Gasteiger partial charge in [-0.15, -0.1) is 0 Å². The van der Waals surface area contributed by atoms with Crippen LogP contribution in [0.15, 0.2) is 35.3 Å². The van der Waals surface area contributed by atoms with Crippen molar-refractivity contribution in [1.82, 2.24) is 4.57 Å². The molecular weight excluding hydrogens is 244 g/mol. The Morgan fingerprint density at radius 2 is 2.16 bits per heavy atom. The number of nitrogens with two attached hydrogens (primary N) is 1. The topological polar surface area (TPSA) is 74.3 Å². The minimum atomic E-state index is -0.446. The number of aromatic nitrogens is 1. The van der Waals surface area contributed by atoms with Crippen LogP contribution in [0.2, 0.25) is 0 Å². The van der Waals surface area contributed by atoms with Crippen LogP contribution in [0, 0.1) is 0 Å². The van der Waals surface area contributed by atoms with Crippen molar-refractivity contribution in [2.24, 2.45) is 5.73 Å². The molecule has 5 heteroatoms. The lowest BCUT2D eigenvalue weighted by Crippen LogP contribution is -2.21. The molecule has 0 aliphatic carbocycles. The summed E-state index contributed by atoms with van der Waals surface area (Å²) in [5.41, 5.74) is 5.71. The number of rotatable bonds is 4. The first kappa shape index (κ1) is 13.3. The van der Waals surface area contributed by atoms with Crippen LogP contribution in [0.3, 0.4) is 0 Å². The van der Waals surface area contributed by atoms with Gasteiger partial charge in [-0.1, -0.05) is 6.07 Å². The lowest BCUT2D eigenvalue weighted by Gasteiger charge is -2.07. The Kier molecular flexibility index (Phi) is 3.97. The van der Waals surface area contributed by atoms with Gasteiger partial charge in [-0.25, -0.2) is 4.79 Å². The van der Waals surface area contributed by atoms with E-state index in [-0.39, 0.29) is 5.56 Å². The molecular formula is C14H16N2O3. The van der Waals surface area contributed by atoms with Crippen molar-refractivity contribution in [1.29, 1.82) is 0 Å². The van der Waals surface area contributed by atoms with E-state index in [0.717, 1.165) is 11.8 Å². The van der Waals surface area contributed by atoms with E-state index in [2.05, 4.69) is 4.74 Å². The first-order valence-electron chi connectivity index (χ1n) is 6.09. The summed E-state index contributed by atoms with van der Waals surface area (Å²) in [7, 11) is 1.32. The molecule has 1 aromatic heterocycles. The molecule has 0 atom stereocenters. The smallest absolute Gasteiger partial charge is 0.337 e. The van der Waals surface area contributed by atoms with Gasteiger partial charge in [0.1, 0.15) is 0 Å². The molecule has 0 aliphatic rings. The van der Waals surface area contributed by atoms with Crippen LogP contribution >= 0.6 is 0 Å². The molecule has 0 unspecified atom stereocenters. The molecule has 0 aliphatic heterocycles. The summed E-state index contributed by atoms with van der Waals surface area (Å²) in [5.74, 6) is -0.446. The van der Waals surface area contributed by atoms with Crippen molar-refractivity contribution in [2.45, 2.75) is 13.0 Å². The molecule has 1 heterocycles. The van der Waals surface area contributed by atoms with Crippen LogP contribution in [0.4, 0.5) is 0 Å². The number of esters is 1. The van der Waals surface area contributed by atoms with E-state index >= 15 is 0 Å². The fraction of sp³-hybridized carbons (Fsp3) is 0.286. The van der Waals surface area contributed by atoms with Gasteiger partial charge in [0.15, 0.2) is 0 Å². The van der Waals surface area contributed by atoms with Crippen molar-refractivity contribution in [2.75, 3.05) is 13.7 Å². The van der Waals surface area contributed by atoms with Crippen molar-refractivity contribution < 1.29 is 9.53 Å². The predicted molar refractivity (Wildman–Crippen MR) is 73.2 cm³/mol. The minimum Gasteiger partial charge on any atom is -0.465 e. The molecule has 2 N–H and O–H groups in total. The normalized spacial score (nSPS) is 10.6. The summed E-state index contributed by atoms with van der Waals surface area (Å²) < 4.78 is 6.26. The van der Waals surface area contributed by atoms with E-state index in [1.807, 2.05) is 6.07 Å². The van der Waals surface area contributed by atoms with Crippen LogP contribution < -0.4 is 11.3 Å². The van der Waals surface area contributed by atoms with Gasteiger partial charge >= 0.3 is 5.97 Å². The molecule has 0 spiro atoms. The molecule has 0 fully saturated rings. The first-order chi connectivity index (χ1) is 9.17. The van der Waals surface area contributed by atoms with Gasteiger partial charge in [0.2, 0.25) is 0 Å². The van der Waals surface area contributed by atoms with Gasteiger partial charge in [0.25, 0.3) is 5.56 Å². The lowest BCUT2D eigenvalue weighted by molar-refractivity contribution is 0.0601. The van der Waals surface area contributed by atoms with Gasteiger partial charge in [0.05, 0.1) is 12.7 Å². The highest BCUT2D eigenvalue weighted by Gasteiger charge is 2.08. The third-order valence-corrected chi connectivity index (χ3v) is 3.00. The van der Waals surface area contributed by atoms with Crippen molar-refractivity contribution >= 4 is 16.7 Å². The molecule has 0 bridgehead atoms. The standard InChI is InChI=1S/C14H16N2O3/c1-19-14(18)11-4-3-10-5-8-16(7-2-6-15)13(17)12(10)9-11/h3-5,8-9H,2,6-7,15H2,1H3. The Labute approximate surface area is 110 Å². The Hall–Kier alpha value is -2.14. The van der Waals surface area contributed by atoms with E-state index in [1.54, 1.807) is 29.0 Å². The third kappa shape index (κ3) is 2.66. The highest BCUT2D eigenvalue weighted by molar-refractivity contribution is 5.95. The third-order valence-electron chi connectivity index (χ3n) is 3.00. The number of fused-ring (bicyclic) bond motifs is 1. The Bertz CT molecular complexity index is 661. The van der Waals surface area contributed by atoms with Crippen LogP contribution in [-0.2, 0) is 11.3 Å². The van der Waals surface area contributed by atoms with Crippen molar-refractivity contribution in [3.8, 4) is 0 Å². The first-order valence-corrected chi connectivity index (χ1v) is 6.09. The number of ether oxygens (including phenoxy) is 1. The van der Waals surface area contributed by atoms with Gasteiger partial charge in [-0.2, -0.15) is 0 Å². The zero-order chi connectivity index (χ0) is 13.8. The average Bonchev–Trinajstić information content (AvgIpc) is 2.45. The second kappa shape index (κ2) is 5.67. The van der Waals surface area contributed by atoms with Gasteiger partial charge in [0, 0.05) is 18.1 Å². The molecule has 5 nitrogen and oxygen atoms in total. The maximum absolute atomic E-state index is 12.3. The molecule has 0 saturated carbocycles. The summed E-state index contributed by atoms with van der Waals surface area (Å²) in [6, 6.07) is 6.82. The fourth-order valence-corrected chi connectivity index (χ4v) is 1.96. The molecule has 1 aromatic carbocycles. The zero-order valence-electron chi connectivity index (χ0n) is 10.8. The number of pyridine rings is 1. The molecule has 0 saturated heterocycles. The van der Waals surface area contributed by atoms with Crippen LogP contribution in [0.5, 0.6) is 0 Å². The number of hydrogen-bond acceptors (Lipinski definition) is 4. The second-order valence-corrected chi connectivity index (χ2v) is 4.25. The van der Waals surface area contributed by atoms with Crippen LogP contribution in [0.1, 0.15) is 16.8 Å². The Morgan fingerprint density at radius 3 is 2.84 bits per heavy atom.